The quantitative estimate of drug-likeness (QED) is 0.0776. The number of rotatable bonds is 60. The molecule has 0 heterocycles. The summed E-state index contributed by atoms with van der Waals surface area (Å²) >= 11 is 0. The van der Waals surface area contributed by atoms with E-state index in [4.69, 9.17) is 100 Å². The molecule has 0 fully saturated rings. The zero-order chi connectivity index (χ0) is 46.9. The smallest absolute Gasteiger partial charge is 0.305 e. The molecule has 0 unspecified atom stereocenters. The average Bonchev–Trinajstić information content (AvgIpc) is 3.29. The van der Waals surface area contributed by atoms with Crippen molar-refractivity contribution in [1.29, 1.82) is 0 Å². The van der Waals surface area contributed by atoms with Gasteiger partial charge in [-0.2, -0.15) is 0 Å². The SMILES string of the molecule is O=C(O)CCOCCOCCOCCOCCOCCOCCOCCOCCOCCOCCOCCOCCOCCOCCOCCOCCOCCOCCOCCC(=O)O. The second-order valence-electron chi connectivity index (χ2n) is 12.9. The number of ether oxygens (including phenoxy) is 19. The molecule has 0 saturated carbocycles. The van der Waals surface area contributed by atoms with Crippen LogP contribution in [-0.2, 0) is 99.6 Å². The van der Waals surface area contributed by atoms with Crippen LogP contribution in [0.1, 0.15) is 12.8 Å². The largest absolute Gasteiger partial charge is 0.481 e. The molecule has 0 aliphatic rings. The number of aliphatic carboxylic acids is 2. The van der Waals surface area contributed by atoms with Gasteiger partial charge in [-0.25, -0.2) is 0 Å². The molecule has 23 heteroatoms. The highest BCUT2D eigenvalue weighted by atomic mass is 16.6. The summed E-state index contributed by atoms with van der Waals surface area (Å²) in [6.45, 7) is 17.0. The summed E-state index contributed by atoms with van der Waals surface area (Å²) in [5, 5.41) is 17.0. The van der Waals surface area contributed by atoms with Crippen LogP contribution in [-0.4, -0.2) is 273 Å². The molecule has 0 saturated heterocycles. The van der Waals surface area contributed by atoms with Crippen LogP contribution in [0, 0.1) is 0 Å². The van der Waals surface area contributed by atoms with E-state index < -0.39 is 11.9 Å². The van der Waals surface area contributed by atoms with Crippen molar-refractivity contribution in [3.8, 4) is 0 Å². The fraction of sp³-hybridized carbons (Fsp3) is 0.952. The minimum absolute atomic E-state index is 0.00966. The van der Waals surface area contributed by atoms with Gasteiger partial charge in [-0.05, 0) is 0 Å². The van der Waals surface area contributed by atoms with Gasteiger partial charge in [0.15, 0.2) is 0 Å². The van der Waals surface area contributed by atoms with Crippen LogP contribution >= 0.6 is 0 Å². The maximum absolute atomic E-state index is 10.4. The number of carbonyl (C=O) groups is 2. The lowest BCUT2D eigenvalue weighted by molar-refractivity contribution is -0.139. The standard InChI is InChI=1S/C42H82O23/c43-41(44)1-3-47-5-7-49-9-11-51-13-15-53-17-19-55-21-23-57-25-27-59-29-31-61-33-35-63-37-39-65-40-38-64-36-34-62-32-30-60-28-26-58-24-22-56-20-18-54-16-14-52-12-10-50-8-6-48-4-2-42(45)46/h1-40H2,(H,43,44)(H,45,46). The molecule has 388 valence electrons. The zero-order valence-electron chi connectivity index (χ0n) is 38.8. The van der Waals surface area contributed by atoms with Crippen molar-refractivity contribution in [3.63, 3.8) is 0 Å². The molecule has 0 rings (SSSR count). The third-order valence-corrected chi connectivity index (χ3v) is 7.62. The summed E-state index contributed by atoms with van der Waals surface area (Å²) in [5.74, 6) is -1.76. The Kier molecular flexibility index (Phi) is 56.7. The molecule has 65 heavy (non-hydrogen) atoms. The van der Waals surface area contributed by atoms with E-state index in [0.29, 0.717) is 238 Å². The summed E-state index contributed by atoms with van der Waals surface area (Å²) in [6.07, 6.45) is -0.0193. The maximum Gasteiger partial charge on any atom is 0.305 e. The molecule has 23 nitrogen and oxygen atoms in total. The van der Waals surface area contributed by atoms with Gasteiger partial charge in [-0.15, -0.1) is 0 Å². The first-order chi connectivity index (χ1) is 32.1. The van der Waals surface area contributed by atoms with Crippen molar-refractivity contribution in [3.05, 3.63) is 0 Å². The van der Waals surface area contributed by atoms with Crippen LogP contribution in [0.25, 0.3) is 0 Å². The monoisotopic (exact) mass is 955 g/mol. The van der Waals surface area contributed by atoms with Gasteiger partial charge >= 0.3 is 11.9 Å². The van der Waals surface area contributed by atoms with E-state index in [9.17, 15) is 9.59 Å². The molecule has 0 aliphatic carbocycles. The summed E-state index contributed by atoms with van der Waals surface area (Å²) in [7, 11) is 0. The molecule has 0 radical (unpaired) electrons. The van der Waals surface area contributed by atoms with E-state index in [1.54, 1.807) is 0 Å². The Labute approximate surface area is 385 Å². The van der Waals surface area contributed by atoms with E-state index in [2.05, 4.69) is 0 Å². The lowest BCUT2D eigenvalue weighted by Gasteiger charge is -2.09. The zero-order valence-corrected chi connectivity index (χ0v) is 38.8. The Hall–Kier alpha value is -1.82. The fourth-order valence-electron chi connectivity index (χ4n) is 4.38. The minimum Gasteiger partial charge on any atom is -0.481 e. The molecule has 0 atom stereocenters. The average molecular weight is 955 g/mol. The Morgan fingerprint density at radius 1 is 0.169 bits per heavy atom. The Bertz CT molecular complexity index is 856. The highest BCUT2D eigenvalue weighted by Gasteiger charge is 2.00. The number of carboxylic acid groups (broad SMARTS) is 2. The van der Waals surface area contributed by atoms with Crippen molar-refractivity contribution in [2.75, 3.05) is 251 Å². The highest BCUT2D eigenvalue weighted by Crippen LogP contribution is 1.90. The first-order valence-corrected chi connectivity index (χ1v) is 22.5. The fourth-order valence-corrected chi connectivity index (χ4v) is 4.38. The van der Waals surface area contributed by atoms with Gasteiger partial charge in [0.1, 0.15) is 0 Å². The molecule has 0 amide bonds. The van der Waals surface area contributed by atoms with E-state index in [1.807, 2.05) is 0 Å². The first-order valence-electron chi connectivity index (χ1n) is 22.5. The van der Waals surface area contributed by atoms with Gasteiger partial charge in [-0.3, -0.25) is 9.59 Å². The van der Waals surface area contributed by atoms with Gasteiger partial charge in [0, 0.05) is 0 Å². The predicted molar refractivity (Wildman–Crippen MR) is 230 cm³/mol. The second-order valence-corrected chi connectivity index (χ2v) is 12.9. The molecule has 0 aromatic heterocycles. The Morgan fingerprint density at radius 3 is 0.323 bits per heavy atom. The Balaban J connectivity index is 3.07. The first kappa shape index (κ1) is 63.2. The summed E-state index contributed by atoms with van der Waals surface area (Å²) < 4.78 is 103. The van der Waals surface area contributed by atoms with Gasteiger partial charge in [0.05, 0.1) is 264 Å². The van der Waals surface area contributed by atoms with Crippen molar-refractivity contribution in [1.82, 2.24) is 0 Å². The highest BCUT2D eigenvalue weighted by molar-refractivity contribution is 5.67. The number of hydrogen-bond donors (Lipinski definition) is 2. The topological polar surface area (TPSA) is 250 Å². The summed E-state index contributed by atoms with van der Waals surface area (Å²) in [4.78, 5) is 20.7. The van der Waals surface area contributed by atoms with Gasteiger partial charge in [-0.1, -0.05) is 0 Å². The summed E-state index contributed by atoms with van der Waals surface area (Å²) in [6, 6.07) is 0. The normalized spacial score (nSPS) is 11.6. The molecule has 0 bridgehead atoms. The van der Waals surface area contributed by atoms with Gasteiger partial charge in [0.2, 0.25) is 0 Å². The minimum atomic E-state index is -0.880. The lowest BCUT2D eigenvalue weighted by atomic mass is 10.5. The van der Waals surface area contributed by atoms with E-state index >= 15 is 0 Å². The molecule has 0 aliphatic heterocycles. The van der Waals surface area contributed by atoms with Crippen LogP contribution in [0.5, 0.6) is 0 Å². The van der Waals surface area contributed by atoms with Crippen molar-refractivity contribution < 1.29 is 110 Å². The Morgan fingerprint density at radius 2 is 0.246 bits per heavy atom. The number of carboxylic acids is 2. The van der Waals surface area contributed by atoms with Gasteiger partial charge < -0.3 is 100 Å². The van der Waals surface area contributed by atoms with Crippen LogP contribution < -0.4 is 0 Å². The third kappa shape index (κ3) is 62.2. The number of hydrogen-bond acceptors (Lipinski definition) is 21. The molecule has 0 spiro atoms. The van der Waals surface area contributed by atoms with Crippen molar-refractivity contribution in [2.24, 2.45) is 0 Å². The summed E-state index contributed by atoms with van der Waals surface area (Å²) in [5.41, 5.74) is 0. The molecule has 2 N–H and O–H groups in total. The van der Waals surface area contributed by atoms with Crippen molar-refractivity contribution in [2.45, 2.75) is 12.8 Å². The molecule has 0 aromatic rings. The third-order valence-electron chi connectivity index (χ3n) is 7.62. The van der Waals surface area contributed by atoms with Crippen LogP contribution in [0.3, 0.4) is 0 Å². The molecular weight excluding hydrogens is 872 g/mol. The van der Waals surface area contributed by atoms with Crippen LogP contribution in [0.2, 0.25) is 0 Å². The molecule has 0 aromatic carbocycles. The predicted octanol–water partition coefficient (Wildman–Crippen LogP) is 0.251. The van der Waals surface area contributed by atoms with E-state index in [0.717, 1.165) is 0 Å². The van der Waals surface area contributed by atoms with E-state index in [1.165, 1.54) is 0 Å². The van der Waals surface area contributed by atoms with Crippen molar-refractivity contribution >= 4 is 11.9 Å². The maximum atomic E-state index is 10.4. The second kappa shape index (κ2) is 58.3. The van der Waals surface area contributed by atoms with E-state index in [-0.39, 0.29) is 26.1 Å². The van der Waals surface area contributed by atoms with Crippen LogP contribution in [0.4, 0.5) is 0 Å². The molecular formula is C42H82O23. The lowest BCUT2D eigenvalue weighted by Crippen LogP contribution is -2.16. The van der Waals surface area contributed by atoms with Gasteiger partial charge in [0.25, 0.3) is 0 Å². The van der Waals surface area contributed by atoms with Crippen LogP contribution in [0.15, 0.2) is 0 Å².